The van der Waals surface area contributed by atoms with Crippen LogP contribution in [0.5, 0.6) is 5.75 Å². The van der Waals surface area contributed by atoms with E-state index in [9.17, 15) is 9.59 Å². The maximum atomic E-state index is 11.9. The van der Waals surface area contributed by atoms with Crippen LogP contribution in [-0.2, 0) is 9.53 Å². The SMILES string of the molecule is CCCOc1ccc(C(=O)OCC(=O)Nc2cc(C)no2)cc1. The highest BCUT2D eigenvalue weighted by Crippen LogP contribution is 2.13. The van der Waals surface area contributed by atoms with Gasteiger partial charge in [-0.1, -0.05) is 12.1 Å². The molecule has 23 heavy (non-hydrogen) atoms. The van der Waals surface area contributed by atoms with Crippen LogP contribution in [0.15, 0.2) is 34.9 Å². The Kier molecular flexibility index (Phi) is 5.74. The van der Waals surface area contributed by atoms with Crippen molar-refractivity contribution < 1.29 is 23.6 Å². The summed E-state index contributed by atoms with van der Waals surface area (Å²) in [6, 6.07) is 8.11. The molecule has 1 N–H and O–H groups in total. The van der Waals surface area contributed by atoms with Crippen molar-refractivity contribution in [3.8, 4) is 5.75 Å². The lowest BCUT2D eigenvalue weighted by Crippen LogP contribution is -2.20. The van der Waals surface area contributed by atoms with Gasteiger partial charge in [0.05, 0.1) is 17.9 Å². The third kappa shape index (κ3) is 5.14. The summed E-state index contributed by atoms with van der Waals surface area (Å²) in [4.78, 5) is 23.5. The number of benzene rings is 1. The van der Waals surface area contributed by atoms with Crippen molar-refractivity contribution in [3.63, 3.8) is 0 Å². The average Bonchev–Trinajstić information content (AvgIpc) is 2.96. The summed E-state index contributed by atoms with van der Waals surface area (Å²) in [7, 11) is 0. The Morgan fingerprint density at radius 2 is 2.00 bits per heavy atom. The topological polar surface area (TPSA) is 90.7 Å². The van der Waals surface area contributed by atoms with Gasteiger partial charge in [-0.25, -0.2) is 4.79 Å². The Balaban J connectivity index is 1.80. The van der Waals surface area contributed by atoms with E-state index >= 15 is 0 Å². The minimum atomic E-state index is -0.587. The normalized spacial score (nSPS) is 10.2. The monoisotopic (exact) mass is 318 g/mol. The smallest absolute Gasteiger partial charge is 0.338 e. The van der Waals surface area contributed by atoms with Crippen LogP contribution in [0.3, 0.4) is 0 Å². The molecule has 2 rings (SSSR count). The maximum Gasteiger partial charge on any atom is 0.338 e. The van der Waals surface area contributed by atoms with E-state index in [0.717, 1.165) is 6.42 Å². The second-order valence-electron chi connectivity index (χ2n) is 4.83. The summed E-state index contributed by atoms with van der Waals surface area (Å²) in [5, 5.41) is 6.07. The molecule has 0 radical (unpaired) electrons. The van der Waals surface area contributed by atoms with Gasteiger partial charge in [-0.05, 0) is 37.6 Å². The molecule has 7 heteroatoms. The van der Waals surface area contributed by atoms with E-state index in [4.69, 9.17) is 14.0 Å². The molecule has 1 aromatic heterocycles. The number of carbonyl (C=O) groups excluding carboxylic acids is 2. The van der Waals surface area contributed by atoms with Crippen LogP contribution < -0.4 is 10.1 Å². The molecule has 122 valence electrons. The molecule has 1 amide bonds. The van der Waals surface area contributed by atoms with Crippen molar-refractivity contribution in [2.24, 2.45) is 0 Å². The van der Waals surface area contributed by atoms with E-state index in [1.54, 1.807) is 37.3 Å². The number of hydrogen-bond acceptors (Lipinski definition) is 6. The van der Waals surface area contributed by atoms with E-state index in [0.29, 0.717) is 23.6 Å². The van der Waals surface area contributed by atoms with Crippen LogP contribution in [0, 0.1) is 6.92 Å². The van der Waals surface area contributed by atoms with Crippen LogP contribution in [0.1, 0.15) is 29.4 Å². The molecule has 0 spiro atoms. The van der Waals surface area contributed by atoms with Gasteiger partial charge >= 0.3 is 5.97 Å². The number of aryl methyl sites for hydroxylation is 1. The molecule has 0 aliphatic heterocycles. The Morgan fingerprint density at radius 1 is 1.26 bits per heavy atom. The van der Waals surface area contributed by atoms with Gasteiger partial charge in [0, 0.05) is 6.07 Å². The summed E-state index contributed by atoms with van der Waals surface area (Å²) in [5.41, 5.74) is 0.986. The van der Waals surface area contributed by atoms with Crippen molar-refractivity contribution in [2.45, 2.75) is 20.3 Å². The summed E-state index contributed by atoms with van der Waals surface area (Å²) in [6.45, 7) is 3.95. The van der Waals surface area contributed by atoms with Gasteiger partial charge in [0.1, 0.15) is 5.75 Å². The zero-order valence-electron chi connectivity index (χ0n) is 13.0. The van der Waals surface area contributed by atoms with E-state index < -0.39 is 18.5 Å². The molecule has 0 saturated carbocycles. The first-order valence-electron chi connectivity index (χ1n) is 7.21. The van der Waals surface area contributed by atoms with Gasteiger partial charge in [0.2, 0.25) is 5.88 Å². The Bertz CT molecular complexity index is 663. The third-order valence-corrected chi connectivity index (χ3v) is 2.79. The lowest BCUT2D eigenvalue weighted by Gasteiger charge is -2.06. The molecular formula is C16H18N2O5. The lowest BCUT2D eigenvalue weighted by atomic mass is 10.2. The molecular weight excluding hydrogens is 300 g/mol. The van der Waals surface area contributed by atoms with Crippen LogP contribution in [0.4, 0.5) is 5.88 Å². The Labute approximate surface area is 133 Å². The number of amides is 1. The first-order chi connectivity index (χ1) is 11.1. The molecule has 0 saturated heterocycles. The summed E-state index contributed by atoms with van der Waals surface area (Å²) >= 11 is 0. The fourth-order valence-electron chi connectivity index (χ4n) is 1.72. The summed E-state index contributed by atoms with van der Waals surface area (Å²) in [5.74, 6) is -0.198. The average molecular weight is 318 g/mol. The van der Waals surface area contributed by atoms with E-state index in [1.807, 2.05) is 6.92 Å². The number of anilines is 1. The van der Waals surface area contributed by atoms with Crippen molar-refractivity contribution in [1.29, 1.82) is 0 Å². The number of carbonyl (C=O) groups is 2. The first kappa shape index (κ1) is 16.5. The fourth-order valence-corrected chi connectivity index (χ4v) is 1.72. The van der Waals surface area contributed by atoms with Gasteiger partial charge in [-0.2, -0.15) is 0 Å². The highest BCUT2D eigenvalue weighted by molar-refractivity contribution is 5.94. The number of aromatic nitrogens is 1. The standard InChI is InChI=1S/C16H18N2O5/c1-3-8-21-13-6-4-12(5-7-13)16(20)22-10-14(19)17-15-9-11(2)18-23-15/h4-7,9H,3,8,10H2,1-2H3,(H,17,19). The fraction of sp³-hybridized carbons (Fsp3) is 0.312. The van der Waals surface area contributed by atoms with Gasteiger partial charge in [-0.3, -0.25) is 10.1 Å². The van der Waals surface area contributed by atoms with Gasteiger partial charge in [0.25, 0.3) is 5.91 Å². The molecule has 0 aliphatic rings. The van der Waals surface area contributed by atoms with Crippen molar-refractivity contribution in [3.05, 3.63) is 41.6 Å². The molecule has 0 unspecified atom stereocenters. The van der Waals surface area contributed by atoms with E-state index in [2.05, 4.69) is 10.5 Å². The largest absolute Gasteiger partial charge is 0.494 e. The van der Waals surface area contributed by atoms with E-state index in [-0.39, 0.29) is 5.88 Å². The predicted octanol–water partition coefficient (Wildman–Crippen LogP) is 2.57. The first-order valence-corrected chi connectivity index (χ1v) is 7.21. The quantitative estimate of drug-likeness (QED) is 0.789. The molecule has 7 nitrogen and oxygen atoms in total. The zero-order chi connectivity index (χ0) is 16.7. The predicted molar refractivity (Wildman–Crippen MR) is 82.4 cm³/mol. The van der Waals surface area contributed by atoms with Gasteiger partial charge in [-0.15, -0.1) is 0 Å². The number of hydrogen-bond donors (Lipinski definition) is 1. The van der Waals surface area contributed by atoms with Crippen LogP contribution in [0.2, 0.25) is 0 Å². The third-order valence-electron chi connectivity index (χ3n) is 2.79. The summed E-state index contributed by atoms with van der Waals surface area (Å²) < 4.78 is 15.2. The molecule has 1 heterocycles. The highest BCUT2D eigenvalue weighted by atomic mass is 16.5. The Morgan fingerprint density at radius 3 is 2.61 bits per heavy atom. The van der Waals surface area contributed by atoms with Crippen molar-refractivity contribution in [2.75, 3.05) is 18.5 Å². The minimum absolute atomic E-state index is 0.209. The molecule has 0 bridgehead atoms. The van der Waals surface area contributed by atoms with Crippen LogP contribution in [0.25, 0.3) is 0 Å². The van der Waals surface area contributed by atoms with Crippen molar-refractivity contribution >= 4 is 17.8 Å². The van der Waals surface area contributed by atoms with Crippen LogP contribution in [-0.4, -0.2) is 30.2 Å². The Hall–Kier alpha value is -2.83. The maximum absolute atomic E-state index is 11.9. The second-order valence-corrected chi connectivity index (χ2v) is 4.83. The van der Waals surface area contributed by atoms with Crippen LogP contribution >= 0.6 is 0 Å². The lowest BCUT2D eigenvalue weighted by molar-refractivity contribution is -0.119. The second kappa shape index (κ2) is 7.98. The van der Waals surface area contributed by atoms with Gasteiger partial charge in [0.15, 0.2) is 6.61 Å². The molecule has 1 aromatic carbocycles. The number of nitrogens with zero attached hydrogens (tertiary/aromatic N) is 1. The van der Waals surface area contributed by atoms with Gasteiger partial charge < -0.3 is 14.0 Å². The number of nitrogens with one attached hydrogen (secondary N) is 1. The minimum Gasteiger partial charge on any atom is -0.494 e. The summed E-state index contributed by atoms with van der Waals surface area (Å²) in [6.07, 6.45) is 0.906. The molecule has 0 fully saturated rings. The molecule has 2 aromatic rings. The molecule has 0 aliphatic carbocycles. The van der Waals surface area contributed by atoms with E-state index in [1.165, 1.54) is 0 Å². The van der Waals surface area contributed by atoms with Crippen molar-refractivity contribution in [1.82, 2.24) is 5.16 Å². The zero-order valence-corrected chi connectivity index (χ0v) is 13.0. The number of ether oxygens (including phenoxy) is 2. The number of rotatable bonds is 7. The molecule has 0 atom stereocenters. The highest BCUT2D eigenvalue weighted by Gasteiger charge is 2.12. The number of esters is 1.